The van der Waals surface area contributed by atoms with Crippen LogP contribution in [0.3, 0.4) is 0 Å². The molecule has 1 aliphatic rings. The maximum atomic E-state index is 12.8. The van der Waals surface area contributed by atoms with Crippen LogP contribution in [0.4, 0.5) is 0 Å². The third kappa shape index (κ3) is 4.04. The number of hydrogen-bond acceptors (Lipinski definition) is 9. The summed E-state index contributed by atoms with van der Waals surface area (Å²) in [6, 6.07) is 6.90. The summed E-state index contributed by atoms with van der Waals surface area (Å²) in [5.41, 5.74) is 0.875. The molecule has 35 heavy (non-hydrogen) atoms. The highest BCUT2D eigenvalue weighted by atomic mass is 32.1. The van der Waals surface area contributed by atoms with Crippen LogP contribution in [0.25, 0.3) is 4.96 Å². The first kappa shape index (κ1) is 23.0. The third-order valence-electron chi connectivity index (χ3n) is 6.25. The van der Waals surface area contributed by atoms with Gasteiger partial charge in [0.1, 0.15) is 11.2 Å². The van der Waals surface area contributed by atoms with Crippen molar-refractivity contribution in [1.29, 1.82) is 0 Å². The first-order valence-corrected chi connectivity index (χ1v) is 11.9. The van der Waals surface area contributed by atoms with E-state index in [4.69, 9.17) is 18.6 Å². The SMILES string of the molecule is COc1cc([C@H](c2sc3ncnn3c2O)[NH+]2CCN(C(=O)c3ccco3)CC2)cc(OC)c1OC. The number of rotatable bonds is 7. The van der Waals surface area contributed by atoms with Gasteiger partial charge >= 0.3 is 0 Å². The average molecular weight is 501 g/mol. The van der Waals surface area contributed by atoms with Gasteiger partial charge in [-0.15, -0.1) is 0 Å². The quantitative estimate of drug-likeness (QED) is 0.390. The molecule has 5 rings (SSSR count). The van der Waals surface area contributed by atoms with Crippen LogP contribution in [0.2, 0.25) is 0 Å². The van der Waals surface area contributed by atoms with E-state index in [1.165, 1.54) is 33.3 Å². The molecule has 1 saturated heterocycles. The fourth-order valence-electron chi connectivity index (χ4n) is 4.56. The minimum Gasteiger partial charge on any atom is -0.493 e. The topological polar surface area (TPSA) is 116 Å². The normalized spacial score (nSPS) is 15.3. The summed E-state index contributed by atoms with van der Waals surface area (Å²) >= 11 is 1.38. The van der Waals surface area contributed by atoms with Crippen LogP contribution in [0.5, 0.6) is 23.1 Å². The van der Waals surface area contributed by atoms with E-state index in [-0.39, 0.29) is 17.8 Å². The van der Waals surface area contributed by atoms with E-state index in [2.05, 4.69) is 10.1 Å². The van der Waals surface area contributed by atoms with Crippen LogP contribution in [0, 0.1) is 0 Å². The van der Waals surface area contributed by atoms with Gasteiger partial charge in [0.2, 0.25) is 16.6 Å². The molecule has 1 aromatic carbocycles. The number of ether oxygens (including phenoxy) is 3. The molecule has 11 nitrogen and oxygen atoms in total. The molecule has 4 aromatic rings. The number of piperazine rings is 1. The van der Waals surface area contributed by atoms with Crippen LogP contribution >= 0.6 is 11.3 Å². The monoisotopic (exact) mass is 500 g/mol. The minimum absolute atomic E-state index is 0.0443. The van der Waals surface area contributed by atoms with E-state index in [1.807, 2.05) is 12.1 Å². The Hall–Kier alpha value is -3.77. The lowest BCUT2D eigenvalue weighted by atomic mass is 10.0. The number of carbonyl (C=O) groups excluding carboxylic acids is 1. The Morgan fingerprint density at radius 1 is 1.17 bits per heavy atom. The summed E-state index contributed by atoms with van der Waals surface area (Å²) in [4.78, 5) is 21.3. The van der Waals surface area contributed by atoms with Crippen molar-refractivity contribution >= 4 is 22.2 Å². The summed E-state index contributed by atoms with van der Waals surface area (Å²) in [7, 11) is 4.70. The van der Waals surface area contributed by atoms with Gasteiger partial charge in [0.25, 0.3) is 5.91 Å². The van der Waals surface area contributed by atoms with Crippen molar-refractivity contribution in [2.75, 3.05) is 47.5 Å². The van der Waals surface area contributed by atoms with Gasteiger partial charge in [-0.2, -0.15) is 9.61 Å². The van der Waals surface area contributed by atoms with Crippen molar-refractivity contribution in [1.82, 2.24) is 19.5 Å². The van der Waals surface area contributed by atoms with Gasteiger partial charge < -0.3 is 33.5 Å². The number of hydrogen-bond donors (Lipinski definition) is 2. The smallest absolute Gasteiger partial charge is 0.289 e. The zero-order valence-corrected chi connectivity index (χ0v) is 20.4. The van der Waals surface area contributed by atoms with E-state index in [0.29, 0.717) is 54.1 Å². The Labute approximate surface area is 205 Å². The number of benzene rings is 1. The van der Waals surface area contributed by atoms with Gasteiger partial charge in [-0.3, -0.25) is 4.79 Å². The number of fused-ring (bicyclic) bond motifs is 1. The average Bonchev–Trinajstić information content (AvgIpc) is 3.64. The van der Waals surface area contributed by atoms with Crippen molar-refractivity contribution in [2.45, 2.75) is 6.04 Å². The number of aromatic hydroxyl groups is 1. The number of methoxy groups -OCH3 is 3. The van der Waals surface area contributed by atoms with Crippen LogP contribution in [0.15, 0.2) is 41.3 Å². The lowest BCUT2D eigenvalue weighted by molar-refractivity contribution is -0.929. The molecule has 0 unspecified atom stereocenters. The van der Waals surface area contributed by atoms with E-state index < -0.39 is 0 Å². The molecule has 1 atom stereocenters. The first-order valence-electron chi connectivity index (χ1n) is 11.0. The molecule has 3 aromatic heterocycles. The standard InChI is InChI=1S/C23H25N5O6S/c1-31-16-11-14(12-17(32-2)19(16)33-3)18(20-22(30)28-23(35-20)24-13-25-28)26-6-8-27(9-7-26)21(29)15-5-4-10-34-15/h4-5,10-13,18,30H,6-9H2,1-3H3/p+1/t18-/m1/s1. The molecular formula is C23H26N5O6S+. The number of aromatic nitrogens is 3. The second-order valence-corrected chi connectivity index (χ2v) is 9.07. The van der Waals surface area contributed by atoms with Gasteiger partial charge in [0.15, 0.2) is 23.3 Å². The highest BCUT2D eigenvalue weighted by Crippen LogP contribution is 2.42. The number of amides is 1. The predicted molar refractivity (Wildman–Crippen MR) is 126 cm³/mol. The summed E-state index contributed by atoms with van der Waals surface area (Å²) in [5.74, 6) is 1.79. The largest absolute Gasteiger partial charge is 0.493 e. The molecule has 4 heterocycles. The van der Waals surface area contributed by atoms with Crippen molar-refractivity contribution in [3.8, 4) is 23.1 Å². The molecule has 0 aliphatic carbocycles. The molecule has 0 radical (unpaired) electrons. The van der Waals surface area contributed by atoms with Crippen LogP contribution in [-0.4, -0.2) is 78.0 Å². The summed E-state index contributed by atoms with van der Waals surface area (Å²) in [6.07, 6.45) is 2.91. The van der Waals surface area contributed by atoms with Gasteiger partial charge in [-0.25, -0.2) is 4.98 Å². The Morgan fingerprint density at radius 2 is 1.89 bits per heavy atom. The molecule has 0 bridgehead atoms. The van der Waals surface area contributed by atoms with E-state index in [0.717, 1.165) is 10.4 Å². The second-order valence-electron chi connectivity index (χ2n) is 8.06. The second kappa shape index (κ2) is 9.47. The number of furan rings is 1. The Morgan fingerprint density at radius 3 is 2.46 bits per heavy atom. The van der Waals surface area contributed by atoms with Crippen molar-refractivity contribution in [2.24, 2.45) is 0 Å². The molecule has 1 amide bonds. The number of nitrogens with zero attached hydrogens (tertiary/aromatic N) is 4. The molecule has 12 heteroatoms. The van der Waals surface area contributed by atoms with Crippen LogP contribution in [0.1, 0.15) is 27.0 Å². The van der Waals surface area contributed by atoms with Crippen molar-refractivity contribution in [3.05, 3.63) is 53.1 Å². The van der Waals surface area contributed by atoms with Crippen molar-refractivity contribution < 1.29 is 33.4 Å². The summed E-state index contributed by atoms with van der Waals surface area (Å²) in [6.45, 7) is 2.39. The van der Waals surface area contributed by atoms with Gasteiger partial charge in [-0.1, -0.05) is 11.3 Å². The zero-order chi connectivity index (χ0) is 24.5. The van der Waals surface area contributed by atoms with Crippen LogP contribution in [-0.2, 0) is 0 Å². The Bertz CT molecular complexity index is 1300. The molecule has 2 N–H and O–H groups in total. The lowest BCUT2D eigenvalue weighted by Gasteiger charge is -2.36. The summed E-state index contributed by atoms with van der Waals surface area (Å²) < 4.78 is 23.4. The van der Waals surface area contributed by atoms with E-state index in [9.17, 15) is 9.90 Å². The van der Waals surface area contributed by atoms with Gasteiger partial charge in [0, 0.05) is 5.56 Å². The Balaban J connectivity index is 1.52. The van der Waals surface area contributed by atoms with E-state index >= 15 is 0 Å². The first-order chi connectivity index (χ1) is 17.0. The highest BCUT2D eigenvalue weighted by molar-refractivity contribution is 7.17. The molecule has 0 spiro atoms. The lowest BCUT2D eigenvalue weighted by Crippen LogP contribution is -3.15. The van der Waals surface area contributed by atoms with Gasteiger partial charge in [0.05, 0.1) is 53.8 Å². The number of nitrogens with one attached hydrogen (secondary N) is 1. The fourth-order valence-corrected chi connectivity index (χ4v) is 5.68. The highest BCUT2D eigenvalue weighted by Gasteiger charge is 2.37. The minimum atomic E-state index is -0.280. The number of quaternary nitrogens is 1. The molecular weight excluding hydrogens is 474 g/mol. The van der Waals surface area contributed by atoms with E-state index in [1.54, 1.807) is 38.4 Å². The molecule has 184 valence electrons. The number of thiazole rings is 1. The number of carbonyl (C=O) groups is 1. The molecule has 1 aliphatic heterocycles. The van der Waals surface area contributed by atoms with Crippen LogP contribution < -0.4 is 19.1 Å². The zero-order valence-electron chi connectivity index (χ0n) is 19.6. The maximum absolute atomic E-state index is 12.8. The maximum Gasteiger partial charge on any atom is 0.289 e. The Kier molecular flexibility index (Phi) is 6.22. The molecule has 0 saturated carbocycles. The predicted octanol–water partition coefficient (Wildman–Crippen LogP) is 1.25. The third-order valence-corrected chi connectivity index (χ3v) is 7.35. The fraction of sp³-hybridized carbons (Fsp3) is 0.348. The summed E-state index contributed by atoms with van der Waals surface area (Å²) in [5, 5.41) is 15.2. The van der Waals surface area contributed by atoms with Gasteiger partial charge in [-0.05, 0) is 24.3 Å². The van der Waals surface area contributed by atoms with Crippen molar-refractivity contribution in [3.63, 3.8) is 0 Å². The molecule has 1 fully saturated rings.